The van der Waals surface area contributed by atoms with Crippen molar-refractivity contribution in [2.24, 2.45) is 5.92 Å². The van der Waals surface area contributed by atoms with E-state index in [-0.39, 0.29) is 22.4 Å². The molecule has 0 amide bonds. The fourth-order valence-corrected chi connectivity index (χ4v) is 3.41. The number of benzene rings is 1. The van der Waals surface area contributed by atoms with Crippen molar-refractivity contribution in [1.29, 1.82) is 0 Å². The van der Waals surface area contributed by atoms with E-state index >= 15 is 0 Å². The predicted molar refractivity (Wildman–Crippen MR) is 93.2 cm³/mol. The summed E-state index contributed by atoms with van der Waals surface area (Å²) in [5, 5.41) is 13.3. The lowest BCUT2D eigenvalue weighted by atomic mass is 9.98. The molecule has 6 nitrogen and oxygen atoms in total. The van der Waals surface area contributed by atoms with Crippen molar-refractivity contribution in [2.45, 2.75) is 38.1 Å². The Morgan fingerprint density at radius 1 is 1.42 bits per heavy atom. The zero-order valence-electron chi connectivity index (χ0n) is 13.9. The minimum atomic E-state index is -1.10. The topological polar surface area (TPSA) is 81.4 Å². The number of aliphatic carboxylic acids is 1. The summed E-state index contributed by atoms with van der Waals surface area (Å²) >= 11 is 5.69. The van der Waals surface area contributed by atoms with Gasteiger partial charge in [0.2, 0.25) is 0 Å². The number of carboxylic acid groups (broad SMARTS) is 1. The van der Waals surface area contributed by atoms with Crippen molar-refractivity contribution in [2.75, 3.05) is 0 Å². The van der Waals surface area contributed by atoms with Crippen LogP contribution in [0, 0.1) is 11.7 Å². The molecule has 0 bridgehead atoms. The quantitative estimate of drug-likeness (QED) is 0.818. The van der Waals surface area contributed by atoms with E-state index in [1.807, 2.05) is 0 Å². The highest BCUT2D eigenvalue weighted by Crippen LogP contribution is 2.32. The van der Waals surface area contributed by atoms with Crippen molar-refractivity contribution < 1.29 is 19.0 Å². The van der Waals surface area contributed by atoms with Crippen LogP contribution in [-0.2, 0) is 4.79 Å². The van der Waals surface area contributed by atoms with Gasteiger partial charge in [-0.1, -0.05) is 43.4 Å². The normalized spacial score (nSPS) is 15.8. The van der Waals surface area contributed by atoms with Gasteiger partial charge in [-0.2, -0.15) is 5.10 Å². The van der Waals surface area contributed by atoms with Gasteiger partial charge < -0.3 is 9.84 Å². The van der Waals surface area contributed by atoms with Gasteiger partial charge in [-0.15, -0.1) is 0 Å². The molecule has 1 aromatic heterocycles. The van der Waals surface area contributed by atoms with Gasteiger partial charge in [0.1, 0.15) is 0 Å². The maximum atomic E-state index is 13.9. The second-order valence-electron chi connectivity index (χ2n) is 6.37. The Balaban J connectivity index is 1.82. The number of halogens is 2. The fraction of sp³-hybridized carbons (Fsp3) is 0.389. The van der Waals surface area contributed by atoms with Crippen molar-refractivity contribution in [3.8, 4) is 11.5 Å². The SMILES string of the molecule is O=C(O)C(CC1CCCC1)n1ncc(Oc2cccc(Cl)c2F)cc1=O. The van der Waals surface area contributed by atoms with E-state index in [1.54, 1.807) is 0 Å². The van der Waals surface area contributed by atoms with Crippen molar-refractivity contribution >= 4 is 17.6 Å². The van der Waals surface area contributed by atoms with Crippen LogP contribution >= 0.6 is 11.6 Å². The molecule has 0 radical (unpaired) electrons. The van der Waals surface area contributed by atoms with Crippen LogP contribution in [0.25, 0.3) is 0 Å². The molecule has 1 aliphatic carbocycles. The smallest absolute Gasteiger partial charge is 0.328 e. The molecule has 1 saturated carbocycles. The Bertz CT molecular complexity index is 865. The molecule has 26 heavy (non-hydrogen) atoms. The predicted octanol–water partition coefficient (Wildman–Crippen LogP) is 4.03. The minimum absolute atomic E-state index is 0.0115. The molecule has 0 saturated heterocycles. The Kier molecular flexibility index (Phi) is 5.56. The maximum absolute atomic E-state index is 13.9. The molecule has 1 heterocycles. The van der Waals surface area contributed by atoms with E-state index in [0.29, 0.717) is 6.42 Å². The third kappa shape index (κ3) is 4.04. The third-order valence-electron chi connectivity index (χ3n) is 4.56. The fourth-order valence-electron chi connectivity index (χ4n) is 3.25. The number of hydrogen-bond donors (Lipinski definition) is 1. The van der Waals surface area contributed by atoms with Crippen LogP contribution in [0.2, 0.25) is 5.02 Å². The molecule has 1 fully saturated rings. The van der Waals surface area contributed by atoms with Gasteiger partial charge in [0.25, 0.3) is 5.56 Å². The van der Waals surface area contributed by atoms with Crippen LogP contribution in [0.5, 0.6) is 11.5 Å². The summed E-state index contributed by atoms with van der Waals surface area (Å²) in [4.78, 5) is 23.9. The van der Waals surface area contributed by atoms with Gasteiger partial charge in [-0.05, 0) is 24.5 Å². The highest BCUT2D eigenvalue weighted by atomic mass is 35.5. The van der Waals surface area contributed by atoms with Gasteiger partial charge in [-0.3, -0.25) is 4.79 Å². The number of hydrogen-bond acceptors (Lipinski definition) is 4. The van der Waals surface area contributed by atoms with Gasteiger partial charge in [0, 0.05) is 6.07 Å². The summed E-state index contributed by atoms with van der Waals surface area (Å²) in [5.41, 5.74) is -0.615. The molecule has 0 spiro atoms. The van der Waals surface area contributed by atoms with E-state index in [1.165, 1.54) is 24.4 Å². The molecule has 3 rings (SSSR count). The summed E-state index contributed by atoms with van der Waals surface area (Å²) in [7, 11) is 0. The molecule has 1 N–H and O–H groups in total. The van der Waals surface area contributed by atoms with Gasteiger partial charge >= 0.3 is 5.97 Å². The summed E-state index contributed by atoms with van der Waals surface area (Å²) in [6, 6.07) is 4.32. The minimum Gasteiger partial charge on any atom is -0.480 e. The molecule has 2 aromatic rings. The lowest BCUT2D eigenvalue weighted by molar-refractivity contribution is -0.142. The van der Waals surface area contributed by atoms with Crippen LogP contribution in [0.1, 0.15) is 38.1 Å². The van der Waals surface area contributed by atoms with E-state index in [9.17, 15) is 19.1 Å². The summed E-state index contributed by atoms with van der Waals surface area (Å²) < 4.78 is 20.2. The molecule has 1 aromatic carbocycles. The van der Waals surface area contributed by atoms with E-state index in [4.69, 9.17) is 16.3 Å². The standard InChI is InChI=1S/C18H18ClFN2O4/c19-13-6-3-7-15(17(13)20)26-12-9-16(23)22(21-10-12)14(18(24)25)8-11-4-1-2-5-11/h3,6-7,9-11,14H,1-2,4-5,8H2,(H,24,25). The summed E-state index contributed by atoms with van der Waals surface area (Å²) in [6.07, 6.45) is 5.66. The average Bonchev–Trinajstić information content (AvgIpc) is 3.10. The Labute approximate surface area is 154 Å². The Hall–Kier alpha value is -2.41. The van der Waals surface area contributed by atoms with Crippen LogP contribution in [0.4, 0.5) is 4.39 Å². The average molecular weight is 381 g/mol. The largest absolute Gasteiger partial charge is 0.480 e. The molecular formula is C18H18ClFN2O4. The molecule has 1 unspecified atom stereocenters. The molecule has 0 aliphatic heterocycles. The number of carbonyl (C=O) groups is 1. The second-order valence-corrected chi connectivity index (χ2v) is 6.78. The van der Waals surface area contributed by atoms with E-state index in [0.717, 1.165) is 36.4 Å². The maximum Gasteiger partial charge on any atom is 0.328 e. The zero-order valence-corrected chi connectivity index (χ0v) is 14.7. The van der Waals surface area contributed by atoms with Gasteiger partial charge in [0.15, 0.2) is 23.4 Å². The van der Waals surface area contributed by atoms with Crippen LogP contribution in [-0.4, -0.2) is 20.9 Å². The number of aromatic nitrogens is 2. The van der Waals surface area contributed by atoms with Gasteiger partial charge in [-0.25, -0.2) is 13.9 Å². The highest BCUT2D eigenvalue weighted by molar-refractivity contribution is 6.30. The second kappa shape index (κ2) is 7.86. The highest BCUT2D eigenvalue weighted by Gasteiger charge is 2.28. The number of rotatable bonds is 6. The first kappa shape index (κ1) is 18.4. The lowest BCUT2D eigenvalue weighted by Gasteiger charge is -2.18. The molecule has 1 atom stereocenters. The third-order valence-corrected chi connectivity index (χ3v) is 4.85. The van der Waals surface area contributed by atoms with E-state index < -0.39 is 23.4 Å². The van der Waals surface area contributed by atoms with Crippen LogP contribution < -0.4 is 10.3 Å². The van der Waals surface area contributed by atoms with E-state index in [2.05, 4.69) is 5.10 Å². The molecule has 138 valence electrons. The van der Waals surface area contributed by atoms with Crippen LogP contribution in [0.3, 0.4) is 0 Å². The number of nitrogens with zero attached hydrogens (tertiary/aromatic N) is 2. The zero-order chi connectivity index (χ0) is 18.7. The van der Waals surface area contributed by atoms with Crippen molar-refractivity contribution in [3.05, 3.63) is 51.7 Å². The Morgan fingerprint density at radius 2 is 2.15 bits per heavy atom. The van der Waals surface area contributed by atoms with Crippen LogP contribution in [0.15, 0.2) is 35.3 Å². The Morgan fingerprint density at radius 3 is 2.81 bits per heavy atom. The molecule has 8 heteroatoms. The molecular weight excluding hydrogens is 363 g/mol. The number of carboxylic acids is 1. The summed E-state index contributed by atoms with van der Waals surface area (Å²) in [5.74, 6) is -1.69. The number of ether oxygens (including phenoxy) is 1. The first-order valence-electron chi connectivity index (χ1n) is 8.39. The van der Waals surface area contributed by atoms with Crippen molar-refractivity contribution in [1.82, 2.24) is 9.78 Å². The van der Waals surface area contributed by atoms with Crippen molar-refractivity contribution in [3.63, 3.8) is 0 Å². The van der Waals surface area contributed by atoms with Gasteiger partial charge in [0.05, 0.1) is 11.2 Å². The first-order valence-corrected chi connectivity index (χ1v) is 8.77. The molecule has 1 aliphatic rings. The monoisotopic (exact) mass is 380 g/mol. The lowest BCUT2D eigenvalue weighted by Crippen LogP contribution is -2.32. The summed E-state index contributed by atoms with van der Waals surface area (Å²) in [6.45, 7) is 0. The first-order chi connectivity index (χ1) is 12.5.